The number of hydrogen-bond donors (Lipinski definition) is 2. The maximum atomic E-state index is 11.8. The van der Waals surface area contributed by atoms with Crippen molar-refractivity contribution in [3.05, 3.63) is 24.0 Å². The van der Waals surface area contributed by atoms with Crippen LogP contribution in [0.4, 0.5) is 0 Å². The molecule has 1 fully saturated rings. The van der Waals surface area contributed by atoms with E-state index >= 15 is 0 Å². The summed E-state index contributed by atoms with van der Waals surface area (Å²) in [4.78, 5) is 26.2. The van der Waals surface area contributed by atoms with Crippen LogP contribution in [0.1, 0.15) is 18.5 Å². The highest BCUT2D eigenvalue weighted by Gasteiger charge is 2.57. The van der Waals surface area contributed by atoms with E-state index in [1.165, 1.54) is 7.11 Å². The van der Waals surface area contributed by atoms with Crippen LogP contribution in [0.2, 0.25) is 0 Å². The Morgan fingerprint density at radius 2 is 2.31 bits per heavy atom. The van der Waals surface area contributed by atoms with Crippen molar-refractivity contribution >= 4 is 11.9 Å². The average molecular weight is 222 g/mol. The van der Waals surface area contributed by atoms with E-state index < -0.39 is 11.4 Å². The molecule has 0 bridgehead atoms. The Morgan fingerprint density at radius 1 is 1.56 bits per heavy atom. The smallest absolute Gasteiger partial charge is 0.321 e. The number of esters is 1. The number of rotatable bonds is 4. The first-order valence-electron chi connectivity index (χ1n) is 5.18. The molecule has 86 valence electrons. The molecule has 2 rings (SSSR count). The minimum Gasteiger partial charge on any atom is -0.468 e. The van der Waals surface area contributed by atoms with Gasteiger partial charge >= 0.3 is 5.97 Å². The van der Waals surface area contributed by atoms with Gasteiger partial charge in [-0.15, -0.1) is 0 Å². The van der Waals surface area contributed by atoms with Crippen LogP contribution in [-0.4, -0.2) is 24.0 Å². The quantitative estimate of drug-likeness (QED) is 0.578. The van der Waals surface area contributed by atoms with Crippen molar-refractivity contribution in [3.63, 3.8) is 0 Å². The Hall–Kier alpha value is -1.78. The van der Waals surface area contributed by atoms with Crippen LogP contribution >= 0.6 is 0 Å². The van der Waals surface area contributed by atoms with Crippen LogP contribution in [-0.2, 0) is 20.9 Å². The summed E-state index contributed by atoms with van der Waals surface area (Å²) in [5.74, 6) is -0.676. The van der Waals surface area contributed by atoms with Crippen LogP contribution in [0, 0.1) is 5.41 Å². The van der Waals surface area contributed by atoms with E-state index in [9.17, 15) is 9.59 Å². The highest BCUT2D eigenvalue weighted by Crippen LogP contribution is 2.46. The molecule has 1 aromatic heterocycles. The minimum atomic E-state index is -0.915. The molecule has 1 amide bonds. The lowest BCUT2D eigenvalue weighted by Gasteiger charge is -2.12. The third kappa shape index (κ3) is 1.80. The van der Waals surface area contributed by atoms with Gasteiger partial charge in [-0.1, -0.05) is 0 Å². The van der Waals surface area contributed by atoms with Crippen molar-refractivity contribution in [2.75, 3.05) is 7.11 Å². The number of H-pyrrole nitrogens is 1. The van der Waals surface area contributed by atoms with Crippen molar-refractivity contribution < 1.29 is 14.3 Å². The standard InChI is InChI=1S/C11H14N2O3/c1-16-10(15)11(4-5-11)9(14)13-7-8-3-2-6-12-8/h2-3,6,12H,4-5,7H2,1H3,(H,13,14). The summed E-state index contributed by atoms with van der Waals surface area (Å²) in [5, 5.41) is 2.73. The van der Waals surface area contributed by atoms with E-state index in [2.05, 4.69) is 15.0 Å². The molecule has 0 saturated heterocycles. The first-order chi connectivity index (χ1) is 7.69. The molecular weight excluding hydrogens is 208 g/mol. The fourth-order valence-electron chi connectivity index (χ4n) is 1.67. The SMILES string of the molecule is COC(=O)C1(C(=O)NCc2ccc[nH]2)CC1. The molecule has 1 aliphatic rings. The van der Waals surface area contributed by atoms with Crippen molar-refractivity contribution in [1.29, 1.82) is 0 Å². The topological polar surface area (TPSA) is 71.2 Å². The number of ether oxygens (including phenoxy) is 1. The van der Waals surface area contributed by atoms with Crippen LogP contribution < -0.4 is 5.32 Å². The molecule has 5 heteroatoms. The third-order valence-electron chi connectivity index (χ3n) is 2.86. The van der Waals surface area contributed by atoms with E-state index in [1.807, 2.05) is 12.1 Å². The van der Waals surface area contributed by atoms with Crippen molar-refractivity contribution in [3.8, 4) is 0 Å². The summed E-state index contributed by atoms with van der Waals surface area (Å²) in [5.41, 5.74) is -0.00421. The lowest BCUT2D eigenvalue weighted by atomic mass is 10.1. The fourth-order valence-corrected chi connectivity index (χ4v) is 1.67. The highest BCUT2D eigenvalue weighted by molar-refractivity contribution is 6.05. The fraction of sp³-hybridized carbons (Fsp3) is 0.455. The lowest BCUT2D eigenvalue weighted by molar-refractivity contribution is -0.152. The van der Waals surface area contributed by atoms with Gasteiger partial charge in [-0.3, -0.25) is 9.59 Å². The Kier molecular flexibility index (Phi) is 2.68. The molecule has 0 aromatic carbocycles. The molecule has 5 nitrogen and oxygen atoms in total. The van der Waals surface area contributed by atoms with E-state index in [-0.39, 0.29) is 5.91 Å². The van der Waals surface area contributed by atoms with Gasteiger partial charge in [0.25, 0.3) is 0 Å². The Morgan fingerprint density at radius 3 is 2.81 bits per heavy atom. The monoisotopic (exact) mass is 222 g/mol. The summed E-state index contributed by atoms with van der Waals surface area (Å²) < 4.78 is 4.63. The molecule has 2 N–H and O–H groups in total. The minimum absolute atomic E-state index is 0.242. The van der Waals surface area contributed by atoms with E-state index in [4.69, 9.17) is 0 Å². The van der Waals surface area contributed by atoms with E-state index in [0.717, 1.165) is 5.69 Å². The zero-order chi connectivity index (χ0) is 11.6. The summed E-state index contributed by atoms with van der Waals surface area (Å²) in [7, 11) is 1.31. The second-order valence-corrected chi connectivity index (χ2v) is 3.95. The summed E-state index contributed by atoms with van der Waals surface area (Å²) in [6.07, 6.45) is 2.95. The van der Waals surface area contributed by atoms with Gasteiger partial charge < -0.3 is 15.0 Å². The van der Waals surface area contributed by atoms with Crippen molar-refractivity contribution in [2.24, 2.45) is 5.41 Å². The average Bonchev–Trinajstić information content (AvgIpc) is 2.95. The number of nitrogens with one attached hydrogen (secondary N) is 2. The molecule has 0 spiro atoms. The number of hydrogen-bond acceptors (Lipinski definition) is 3. The molecule has 0 radical (unpaired) electrons. The number of aromatic nitrogens is 1. The highest BCUT2D eigenvalue weighted by atomic mass is 16.5. The zero-order valence-electron chi connectivity index (χ0n) is 9.08. The lowest BCUT2D eigenvalue weighted by Crippen LogP contribution is -2.37. The first kappa shape index (κ1) is 10.7. The number of carbonyl (C=O) groups is 2. The second kappa shape index (κ2) is 4.00. The number of aromatic amines is 1. The van der Waals surface area contributed by atoms with E-state index in [1.54, 1.807) is 6.20 Å². The largest absolute Gasteiger partial charge is 0.468 e. The molecular formula is C11H14N2O3. The molecule has 1 aliphatic carbocycles. The summed E-state index contributed by atoms with van der Waals surface area (Å²) >= 11 is 0. The number of amides is 1. The maximum Gasteiger partial charge on any atom is 0.321 e. The molecule has 1 heterocycles. The predicted molar refractivity (Wildman–Crippen MR) is 56.3 cm³/mol. The van der Waals surface area contributed by atoms with Crippen LogP contribution in [0.3, 0.4) is 0 Å². The zero-order valence-corrected chi connectivity index (χ0v) is 9.08. The van der Waals surface area contributed by atoms with Crippen LogP contribution in [0.5, 0.6) is 0 Å². The maximum absolute atomic E-state index is 11.8. The Balaban J connectivity index is 1.91. The number of methoxy groups -OCH3 is 1. The Labute approximate surface area is 93.2 Å². The van der Waals surface area contributed by atoms with Gasteiger partial charge in [0, 0.05) is 11.9 Å². The van der Waals surface area contributed by atoms with Gasteiger partial charge in [0.15, 0.2) is 0 Å². The van der Waals surface area contributed by atoms with Crippen LogP contribution in [0.15, 0.2) is 18.3 Å². The predicted octanol–water partition coefficient (Wildman–Crippen LogP) is 0.584. The molecule has 0 unspecified atom stereocenters. The summed E-state index contributed by atoms with van der Waals surface area (Å²) in [6.45, 7) is 0.407. The molecule has 16 heavy (non-hydrogen) atoms. The van der Waals surface area contributed by atoms with Crippen molar-refractivity contribution in [1.82, 2.24) is 10.3 Å². The van der Waals surface area contributed by atoms with Crippen LogP contribution in [0.25, 0.3) is 0 Å². The van der Waals surface area contributed by atoms with Crippen molar-refractivity contribution in [2.45, 2.75) is 19.4 Å². The van der Waals surface area contributed by atoms with Gasteiger partial charge in [0.1, 0.15) is 5.41 Å². The molecule has 1 saturated carbocycles. The third-order valence-corrected chi connectivity index (χ3v) is 2.86. The first-order valence-corrected chi connectivity index (χ1v) is 5.18. The van der Waals surface area contributed by atoms with Gasteiger partial charge in [0.05, 0.1) is 13.7 Å². The molecule has 0 atom stereocenters. The van der Waals surface area contributed by atoms with Gasteiger partial charge in [0.2, 0.25) is 5.91 Å². The summed E-state index contributed by atoms with van der Waals surface area (Å²) in [6, 6.07) is 3.73. The Bertz CT molecular complexity index is 393. The molecule has 0 aliphatic heterocycles. The van der Waals surface area contributed by atoms with E-state index in [0.29, 0.717) is 19.4 Å². The second-order valence-electron chi connectivity index (χ2n) is 3.95. The number of carbonyl (C=O) groups excluding carboxylic acids is 2. The van der Waals surface area contributed by atoms with Gasteiger partial charge in [-0.25, -0.2) is 0 Å². The molecule has 1 aromatic rings. The van der Waals surface area contributed by atoms with Gasteiger partial charge in [-0.2, -0.15) is 0 Å². The van der Waals surface area contributed by atoms with Gasteiger partial charge in [-0.05, 0) is 25.0 Å². The normalized spacial score (nSPS) is 16.6.